The SMILES string of the molecule is COCCn1ncc(NC(C)c2ncn[nH]2)c(Br)c1=O. The van der Waals surface area contributed by atoms with E-state index in [0.717, 1.165) is 0 Å². The molecule has 9 heteroatoms. The molecule has 2 rings (SSSR count). The van der Waals surface area contributed by atoms with Gasteiger partial charge in [0.15, 0.2) is 0 Å². The molecule has 1 unspecified atom stereocenters. The van der Waals surface area contributed by atoms with Crippen LogP contribution in [0.15, 0.2) is 21.8 Å². The Labute approximate surface area is 123 Å². The van der Waals surface area contributed by atoms with Crippen molar-refractivity contribution in [2.75, 3.05) is 19.0 Å². The lowest BCUT2D eigenvalue weighted by Crippen LogP contribution is -2.26. The number of methoxy groups -OCH3 is 1. The van der Waals surface area contributed by atoms with Crippen LogP contribution in [0.25, 0.3) is 0 Å². The molecule has 2 aromatic rings. The lowest BCUT2D eigenvalue weighted by atomic mass is 10.3. The van der Waals surface area contributed by atoms with Gasteiger partial charge in [-0.05, 0) is 22.9 Å². The fourth-order valence-corrected chi connectivity index (χ4v) is 2.05. The van der Waals surface area contributed by atoms with Crippen LogP contribution in [-0.2, 0) is 11.3 Å². The number of aromatic nitrogens is 5. The van der Waals surface area contributed by atoms with E-state index in [9.17, 15) is 4.79 Å². The second kappa shape index (κ2) is 6.62. The predicted molar refractivity (Wildman–Crippen MR) is 76.5 cm³/mol. The van der Waals surface area contributed by atoms with Gasteiger partial charge in [-0.15, -0.1) is 0 Å². The minimum absolute atomic E-state index is 0.121. The van der Waals surface area contributed by atoms with Gasteiger partial charge in [0.2, 0.25) is 0 Å². The number of halogens is 1. The topological polar surface area (TPSA) is 97.7 Å². The summed E-state index contributed by atoms with van der Waals surface area (Å²) in [5.41, 5.74) is 0.393. The van der Waals surface area contributed by atoms with E-state index < -0.39 is 0 Å². The Bertz CT molecular complexity index is 612. The Morgan fingerprint density at radius 1 is 1.60 bits per heavy atom. The molecule has 8 nitrogen and oxygen atoms in total. The summed E-state index contributed by atoms with van der Waals surface area (Å²) in [6.45, 7) is 2.75. The van der Waals surface area contributed by atoms with Crippen molar-refractivity contribution in [1.29, 1.82) is 0 Å². The third-order valence-corrected chi connectivity index (χ3v) is 3.47. The van der Waals surface area contributed by atoms with Gasteiger partial charge in [-0.3, -0.25) is 9.89 Å². The maximum atomic E-state index is 12.1. The first-order valence-electron chi connectivity index (χ1n) is 6.00. The van der Waals surface area contributed by atoms with E-state index in [1.165, 1.54) is 11.0 Å². The minimum Gasteiger partial charge on any atom is -0.383 e. The molecule has 0 fully saturated rings. The maximum Gasteiger partial charge on any atom is 0.283 e. The zero-order chi connectivity index (χ0) is 14.5. The van der Waals surface area contributed by atoms with Gasteiger partial charge in [-0.25, -0.2) is 9.67 Å². The molecule has 0 aromatic carbocycles. The van der Waals surface area contributed by atoms with E-state index in [0.29, 0.717) is 29.1 Å². The van der Waals surface area contributed by atoms with Crippen LogP contribution in [0, 0.1) is 0 Å². The van der Waals surface area contributed by atoms with E-state index >= 15 is 0 Å². The van der Waals surface area contributed by atoms with Crippen molar-refractivity contribution in [3.05, 3.63) is 33.2 Å². The first kappa shape index (κ1) is 14.7. The summed E-state index contributed by atoms with van der Waals surface area (Å²) < 4.78 is 6.71. The summed E-state index contributed by atoms with van der Waals surface area (Å²) in [6, 6.07) is -0.121. The van der Waals surface area contributed by atoms with E-state index in [4.69, 9.17) is 4.74 Å². The second-order valence-electron chi connectivity index (χ2n) is 4.13. The summed E-state index contributed by atoms with van der Waals surface area (Å²) in [4.78, 5) is 16.1. The molecule has 0 aliphatic heterocycles. The van der Waals surface area contributed by atoms with Gasteiger partial charge in [0, 0.05) is 7.11 Å². The Morgan fingerprint density at radius 2 is 2.40 bits per heavy atom. The summed E-state index contributed by atoms with van der Waals surface area (Å²) >= 11 is 3.29. The standard InChI is InChI=1S/C11H15BrN6O2/c1-7(10-13-6-14-17-10)16-8-5-15-18(3-4-20-2)11(19)9(8)12/h5-7,16H,3-4H2,1-2H3,(H,13,14,17). The predicted octanol–water partition coefficient (Wildman–Crippen LogP) is 0.943. The molecular weight excluding hydrogens is 328 g/mol. The van der Waals surface area contributed by atoms with Gasteiger partial charge in [0.25, 0.3) is 5.56 Å². The third-order valence-electron chi connectivity index (χ3n) is 2.71. The number of hydrogen-bond donors (Lipinski definition) is 2. The number of nitrogens with one attached hydrogen (secondary N) is 2. The number of hydrogen-bond acceptors (Lipinski definition) is 6. The van der Waals surface area contributed by atoms with Gasteiger partial charge in [0.05, 0.1) is 31.1 Å². The summed E-state index contributed by atoms with van der Waals surface area (Å²) in [5, 5.41) is 13.8. The van der Waals surface area contributed by atoms with Crippen molar-refractivity contribution in [3.8, 4) is 0 Å². The van der Waals surface area contributed by atoms with Crippen molar-refractivity contribution >= 4 is 21.6 Å². The molecule has 1 atom stereocenters. The highest BCUT2D eigenvalue weighted by molar-refractivity contribution is 9.10. The first-order valence-corrected chi connectivity index (χ1v) is 6.79. The maximum absolute atomic E-state index is 12.1. The molecule has 0 saturated heterocycles. The zero-order valence-electron chi connectivity index (χ0n) is 11.1. The summed E-state index contributed by atoms with van der Waals surface area (Å²) in [5.74, 6) is 0.681. The zero-order valence-corrected chi connectivity index (χ0v) is 12.7. The van der Waals surface area contributed by atoms with Crippen molar-refractivity contribution in [1.82, 2.24) is 25.0 Å². The van der Waals surface area contributed by atoms with Crippen LogP contribution in [0.1, 0.15) is 18.8 Å². The molecule has 0 saturated carbocycles. The van der Waals surface area contributed by atoms with Gasteiger partial charge in [-0.1, -0.05) is 0 Å². The van der Waals surface area contributed by atoms with Crippen LogP contribution in [0.4, 0.5) is 5.69 Å². The first-order chi connectivity index (χ1) is 9.63. The molecule has 108 valence electrons. The van der Waals surface area contributed by atoms with E-state index in [1.54, 1.807) is 13.3 Å². The van der Waals surface area contributed by atoms with Gasteiger partial charge < -0.3 is 10.1 Å². The van der Waals surface area contributed by atoms with E-state index in [2.05, 4.69) is 41.5 Å². The van der Waals surface area contributed by atoms with Crippen LogP contribution in [0.5, 0.6) is 0 Å². The third kappa shape index (κ3) is 3.23. The molecule has 0 amide bonds. The van der Waals surface area contributed by atoms with Crippen molar-refractivity contribution < 1.29 is 4.74 Å². The Kier molecular flexibility index (Phi) is 4.85. The highest BCUT2D eigenvalue weighted by Crippen LogP contribution is 2.21. The molecule has 0 spiro atoms. The lowest BCUT2D eigenvalue weighted by Gasteiger charge is -2.14. The Balaban J connectivity index is 2.17. The molecule has 2 heterocycles. The monoisotopic (exact) mass is 342 g/mol. The van der Waals surface area contributed by atoms with Crippen LogP contribution in [0.2, 0.25) is 0 Å². The average molecular weight is 343 g/mol. The van der Waals surface area contributed by atoms with Crippen molar-refractivity contribution in [2.45, 2.75) is 19.5 Å². The minimum atomic E-state index is -0.211. The molecule has 2 N–H and O–H groups in total. The van der Waals surface area contributed by atoms with Gasteiger partial charge in [0.1, 0.15) is 16.6 Å². The molecule has 0 aliphatic carbocycles. The molecule has 2 aromatic heterocycles. The Hall–Kier alpha value is -1.74. The van der Waals surface area contributed by atoms with E-state index in [1.807, 2.05) is 6.92 Å². The van der Waals surface area contributed by atoms with Gasteiger partial charge >= 0.3 is 0 Å². The molecule has 0 bridgehead atoms. The van der Waals surface area contributed by atoms with Crippen molar-refractivity contribution in [3.63, 3.8) is 0 Å². The largest absolute Gasteiger partial charge is 0.383 e. The highest BCUT2D eigenvalue weighted by Gasteiger charge is 2.13. The van der Waals surface area contributed by atoms with E-state index in [-0.39, 0.29) is 11.6 Å². The Morgan fingerprint density at radius 3 is 3.05 bits per heavy atom. The van der Waals surface area contributed by atoms with Crippen LogP contribution in [-0.4, -0.2) is 38.7 Å². The molecule has 0 radical (unpaired) electrons. The number of ether oxygens (including phenoxy) is 1. The van der Waals surface area contributed by atoms with Crippen molar-refractivity contribution in [2.24, 2.45) is 0 Å². The lowest BCUT2D eigenvalue weighted by molar-refractivity contribution is 0.181. The number of anilines is 1. The quantitative estimate of drug-likeness (QED) is 0.810. The summed E-state index contributed by atoms with van der Waals surface area (Å²) in [6.07, 6.45) is 3.03. The highest BCUT2D eigenvalue weighted by atomic mass is 79.9. The molecule has 20 heavy (non-hydrogen) atoms. The fraction of sp³-hybridized carbons (Fsp3) is 0.455. The fourth-order valence-electron chi connectivity index (χ4n) is 1.63. The number of aromatic amines is 1. The molecular formula is C11H15BrN6O2. The van der Waals surface area contributed by atoms with Crippen LogP contribution < -0.4 is 10.9 Å². The number of nitrogens with zero attached hydrogens (tertiary/aromatic N) is 4. The normalized spacial score (nSPS) is 12.3. The number of H-pyrrole nitrogens is 1. The molecule has 0 aliphatic rings. The van der Waals surface area contributed by atoms with Crippen LogP contribution >= 0.6 is 15.9 Å². The van der Waals surface area contributed by atoms with Crippen LogP contribution in [0.3, 0.4) is 0 Å². The van der Waals surface area contributed by atoms with Gasteiger partial charge in [-0.2, -0.15) is 10.2 Å². The number of rotatable bonds is 6. The smallest absolute Gasteiger partial charge is 0.283 e. The average Bonchev–Trinajstić information content (AvgIpc) is 2.97. The second-order valence-corrected chi connectivity index (χ2v) is 4.92. The summed E-state index contributed by atoms with van der Waals surface area (Å²) in [7, 11) is 1.58.